The monoisotopic (exact) mass is 277 g/mol. The van der Waals surface area contributed by atoms with Crippen molar-refractivity contribution in [1.82, 2.24) is 14.8 Å². The van der Waals surface area contributed by atoms with Gasteiger partial charge in [0.25, 0.3) is 0 Å². The van der Waals surface area contributed by atoms with Crippen LogP contribution in [-0.2, 0) is 11.2 Å². The summed E-state index contributed by atoms with van der Waals surface area (Å²) in [4.78, 5) is 11.7. The van der Waals surface area contributed by atoms with Crippen molar-refractivity contribution in [2.45, 2.75) is 70.8 Å². The van der Waals surface area contributed by atoms with Gasteiger partial charge in [-0.25, -0.2) is 0 Å². The molecule has 3 rings (SSSR count). The van der Waals surface area contributed by atoms with Crippen LogP contribution in [0.5, 0.6) is 0 Å². The first-order valence-electron chi connectivity index (χ1n) is 7.76. The number of carbonyl (C=O) groups is 1. The van der Waals surface area contributed by atoms with E-state index in [1.165, 1.54) is 25.7 Å². The molecule has 5 nitrogen and oxygen atoms in total. The molecule has 20 heavy (non-hydrogen) atoms. The van der Waals surface area contributed by atoms with E-state index in [9.17, 15) is 9.90 Å². The predicted molar refractivity (Wildman–Crippen MR) is 74.5 cm³/mol. The SMILES string of the molecule is Cc1nnc(CC2(C(=O)O)CCCC2)n1C1CCCC1. The molecule has 0 atom stereocenters. The molecule has 110 valence electrons. The van der Waals surface area contributed by atoms with Crippen LogP contribution in [0.1, 0.15) is 69.1 Å². The second-order valence-electron chi connectivity index (χ2n) is 6.44. The zero-order valence-corrected chi connectivity index (χ0v) is 12.1. The van der Waals surface area contributed by atoms with Gasteiger partial charge in [0.2, 0.25) is 0 Å². The number of aromatic nitrogens is 3. The van der Waals surface area contributed by atoms with E-state index < -0.39 is 11.4 Å². The summed E-state index contributed by atoms with van der Waals surface area (Å²) in [7, 11) is 0. The van der Waals surface area contributed by atoms with E-state index >= 15 is 0 Å². The van der Waals surface area contributed by atoms with Crippen molar-refractivity contribution in [3.05, 3.63) is 11.6 Å². The van der Waals surface area contributed by atoms with Gasteiger partial charge in [0.15, 0.2) is 0 Å². The summed E-state index contributed by atoms with van der Waals surface area (Å²) in [5.74, 6) is 1.16. The number of rotatable bonds is 4. The lowest BCUT2D eigenvalue weighted by molar-refractivity contribution is -0.148. The van der Waals surface area contributed by atoms with E-state index in [4.69, 9.17) is 0 Å². The number of aliphatic carboxylic acids is 1. The summed E-state index contributed by atoms with van der Waals surface area (Å²) >= 11 is 0. The van der Waals surface area contributed by atoms with Gasteiger partial charge in [-0.15, -0.1) is 10.2 Å². The highest BCUT2D eigenvalue weighted by Crippen LogP contribution is 2.42. The Labute approximate surface area is 119 Å². The summed E-state index contributed by atoms with van der Waals surface area (Å²) in [6.07, 6.45) is 8.98. The third-order valence-electron chi connectivity index (χ3n) is 5.14. The summed E-state index contributed by atoms with van der Waals surface area (Å²) in [5.41, 5.74) is -0.601. The molecule has 0 amide bonds. The Morgan fingerprint density at radius 1 is 1.25 bits per heavy atom. The van der Waals surface area contributed by atoms with Crippen LogP contribution in [0.15, 0.2) is 0 Å². The molecule has 0 spiro atoms. The standard InChI is InChI=1S/C15H23N3O2/c1-11-16-17-13(18(11)12-6-2-3-7-12)10-15(14(19)20)8-4-5-9-15/h12H,2-10H2,1H3,(H,19,20). The van der Waals surface area contributed by atoms with Crippen molar-refractivity contribution in [3.8, 4) is 0 Å². The molecule has 2 aliphatic carbocycles. The number of aryl methyl sites for hydroxylation is 1. The van der Waals surface area contributed by atoms with Crippen molar-refractivity contribution >= 4 is 5.97 Å². The molecule has 0 bridgehead atoms. The minimum Gasteiger partial charge on any atom is -0.481 e. The fourth-order valence-corrected chi connectivity index (χ4v) is 3.99. The molecule has 0 saturated heterocycles. The van der Waals surface area contributed by atoms with Gasteiger partial charge in [0, 0.05) is 12.5 Å². The zero-order chi connectivity index (χ0) is 14.2. The number of hydrogen-bond donors (Lipinski definition) is 1. The Hall–Kier alpha value is -1.39. The minimum absolute atomic E-state index is 0.479. The van der Waals surface area contributed by atoms with Gasteiger partial charge in [-0.1, -0.05) is 25.7 Å². The normalized spacial score (nSPS) is 22.4. The maximum absolute atomic E-state index is 11.7. The van der Waals surface area contributed by atoms with Crippen LogP contribution >= 0.6 is 0 Å². The molecule has 1 heterocycles. The molecular weight excluding hydrogens is 254 g/mol. The van der Waals surface area contributed by atoms with Gasteiger partial charge in [0.05, 0.1) is 5.41 Å². The molecule has 2 fully saturated rings. The average Bonchev–Trinajstić information content (AvgIpc) is 3.11. The van der Waals surface area contributed by atoms with Gasteiger partial charge in [-0.05, 0) is 32.6 Å². The Balaban J connectivity index is 1.88. The first-order chi connectivity index (χ1) is 9.62. The van der Waals surface area contributed by atoms with Gasteiger partial charge < -0.3 is 9.67 Å². The van der Waals surface area contributed by atoms with Crippen molar-refractivity contribution in [2.24, 2.45) is 5.41 Å². The molecule has 1 aromatic rings. The van der Waals surface area contributed by atoms with E-state index in [1.807, 2.05) is 6.92 Å². The third-order valence-corrected chi connectivity index (χ3v) is 5.14. The van der Waals surface area contributed by atoms with Gasteiger partial charge in [0.1, 0.15) is 11.6 Å². The number of carboxylic acid groups (broad SMARTS) is 1. The van der Waals surface area contributed by atoms with Crippen molar-refractivity contribution in [2.75, 3.05) is 0 Å². The molecule has 1 aromatic heterocycles. The maximum atomic E-state index is 11.7. The molecule has 0 unspecified atom stereocenters. The van der Waals surface area contributed by atoms with Gasteiger partial charge in [-0.2, -0.15) is 0 Å². The quantitative estimate of drug-likeness (QED) is 0.918. The summed E-state index contributed by atoms with van der Waals surface area (Å²) in [5, 5.41) is 18.1. The molecule has 0 radical (unpaired) electrons. The van der Waals surface area contributed by atoms with Crippen LogP contribution in [0, 0.1) is 12.3 Å². The third kappa shape index (κ3) is 2.23. The Morgan fingerprint density at radius 2 is 1.90 bits per heavy atom. The Morgan fingerprint density at radius 3 is 2.50 bits per heavy atom. The summed E-state index contributed by atoms with van der Waals surface area (Å²) in [6.45, 7) is 1.98. The highest BCUT2D eigenvalue weighted by atomic mass is 16.4. The van der Waals surface area contributed by atoms with Crippen molar-refractivity contribution in [3.63, 3.8) is 0 Å². The van der Waals surface area contributed by atoms with Crippen LogP contribution in [0.4, 0.5) is 0 Å². The molecule has 2 saturated carbocycles. The zero-order valence-electron chi connectivity index (χ0n) is 12.1. The van der Waals surface area contributed by atoms with E-state index in [0.717, 1.165) is 37.3 Å². The van der Waals surface area contributed by atoms with Crippen molar-refractivity contribution in [1.29, 1.82) is 0 Å². The Kier molecular flexibility index (Phi) is 3.52. The second kappa shape index (κ2) is 5.19. The van der Waals surface area contributed by atoms with E-state index in [1.54, 1.807) is 0 Å². The average molecular weight is 277 g/mol. The topological polar surface area (TPSA) is 68.0 Å². The number of hydrogen-bond acceptors (Lipinski definition) is 3. The smallest absolute Gasteiger partial charge is 0.310 e. The van der Waals surface area contributed by atoms with Crippen LogP contribution in [0.2, 0.25) is 0 Å². The molecule has 5 heteroatoms. The molecule has 0 aromatic carbocycles. The highest BCUT2D eigenvalue weighted by molar-refractivity contribution is 5.75. The van der Waals surface area contributed by atoms with E-state index in [0.29, 0.717) is 12.5 Å². The fourth-order valence-electron chi connectivity index (χ4n) is 3.99. The lowest BCUT2D eigenvalue weighted by Gasteiger charge is -2.25. The van der Waals surface area contributed by atoms with Crippen LogP contribution in [0.3, 0.4) is 0 Å². The van der Waals surface area contributed by atoms with Gasteiger partial charge >= 0.3 is 5.97 Å². The van der Waals surface area contributed by atoms with E-state index in [-0.39, 0.29) is 0 Å². The molecule has 2 aliphatic rings. The molecule has 1 N–H and O–H groups in total. The van der Waals surface area contributed by atoms with Crippen LogP contribution in [-0.4, -0.2) is 25.8 Å². The largest absolute Gasteiger partial charge is 0.481 e. The van der Waals surface area contributed by atoms with Gasteiger partial charge in [-0.3, -0.25) is 4.79 Å². The lowest BCUT2D eigenvalue weighted by atomic mass is 9.82. The second-order valence-corrected chi connectivity index (χ2v) is 6.44. The number of nitrogens with zero attached hydrogens (tertiary/aromatic N) is 3. The number of carboxylic acids is 1. The predicted octanol–water partition coefficient (Wildman–Crippen LogP) is 2.89. The van der Waals surface area contributed by atoms with E-state index in [2.05, 4.69) is 14.8 Å². The lowest BCUT2D eigenvalue weighted by Crippen LogP contribution is -2.32. The molecule has 0 aliphatic heterocycles. The maximum Gasteiger partial charge on any atom is 0.310 e. The van der Waals surface area contributed by atoms with Crippen LogP contribution < -0.4 is 0 Å². The van der Waals surface area contributed by atoms with Crippen LogP contribution in [0.25, 0.3) is 0 Å². The summed E-state index contributed by atoms with van der Waals surface area (Å²) < 4.78 is 2.22. The fraction of sp³-hybridized carbons (Fsp3) is 0.800. The summed E-state index contributed by atoms with van der Waals surface area (Å²) in [6, 6.07) is 0.479. The Bertz CT molecular complexity index is 497. The first-order valence-corrected chi connectivity index (χ1v) is 7.76. The first kappa shape index (κ1) is 13.6. The minimum atomic E-state index is -0.659. The van der Waals surface area contributed by atoms with Crippen molar-refractivity contribution < 1.29 is 9.90 Å². The highest BCUT2D eigenvalue weighted by Gasteiger charge is 2.43. The molecular formula is C15H23N3O2.